The second-order valence-corrected chi connectivity index (χ2v) is 6.69. The van der Waals surface area contributed by atoms with Crippen molar-refractivity contribution in [2.45, 2.75) is 40.8 Å². The molecule has 1 aromatic heterocycles. The number of carbonyl (C=O) groups excluding carboxylic acids is 1. The Morgan fingerprint density at radius 2 is 1.97 bits per heavy atom. The lowest BCUT2D eigenvalue weighted by Gasteiger charge is -2.19. The molecule has 0 spiro atoms. The number of nitro groups is 1. The zero-order valence-electron chi connectivity index (χ0n) is 17.5. The molecule has 2 rings (SSSR count). The lowest BCUT2D eigenvalue weighted by molar-refractivity contribution is -0.386. The minimum absolute atomic E-state index is 0.0512. The number of aromatic nitrogens is 2. The fraction of sp³-hybridized carbons (Fsp3) is 0.500. The van der Waals surface area contributed by atoms with Crippen LogP contribution in [0.15, 0.2) is 24.3 Å². The van der Waals surface area contributed by atoms with Crippen LogP contribution < -0.4 is 10.1 Å². The first kappa shape index (κ1) is 22.4. The van der Waals surface area contributed by atoms with Crippen LogP contribution in [0.2, 0.25) is 0 Å². The number of hydrogen-bond donors (Lipinski definition) is 1. The summed E-state index contributed by atoms with van der Waals surface area (Å²) in [4.78, 5) is 25.2. The summed E-state index contributed by atoms with van der Waals surface area (Å²) in [6, 6.07) is 7.57. The zero-order valence-corrected chi connectivity index (χ0v) is 17.5. The van der Waals surface area contributed by atoms with Gasteiger partial charge in [-0.3, -0.25) is 19.6 Å². The van der Waals surface area contributed by atoms with Gasteiger partial charge < -0.3 is 15.0 Å². The van der Waals surface area contributed by atoms with Crippen molar-refractivity contribution in [2.75, 3.05) is 26.2 Å². The van der Waals surface area contributed by atoms with Gasteiger partial charge in [0.05, 0.1) is 4.92 Å². The van der Waals surface area contributed by atoms with E-state index in [1.54, 1.807) is 13.8 Å². The Morgan fingerprint density at radius 3 is 2.59 bits per heavy atom. The summed E-state index contributed by atoms with van der Waals surface area (Å²) >= 11 is 0. The molecular weight excluding hydrogens is 374 g/mol. The molecule has 1 heterocycles. The van der Waals surface area contributed by atoms with Crippen LogP contribution in [-0.4, -0.2) is 51.8 Å². The Kier molecular flexibility index (Phi) is 8.14. The SMILES string of the molecule is CCN(CC)CCOc1ccccc1CNC(=O)Cn1nc(C)c([N+](=O)[O-])c1C. The molecule has 1 N–H and O–H groups in total. The van der Waals surface area contributed by atoms with Crippen molar-refractivity contribution < 1.29 is 14.5 Å². The molecule has 0 aliphatic carbocycles. The van der Waals surface area contributed by atoms with Crippen molar-refractivity contribution in [2.24, 2.45) is 0 Å². The topological polar surface area (TPSA) is 103 Å². The maximum atomic E-state index is 12.3. The summed E-state index contributed by atoms with van der Waals surface area (Å²) in [7, 11) is 0. The second kappa shape index (κ2) is 10.6. The smallest absolute Gasteiger partial charge is 0.312 e. The van der Waals surface area contributed by atoms with Crippen LogP contribution in [0, 0.1) is 24.0 Å². The fourth-order valence-corrected chi connectivity index (χ4v) is 3.11. The fourth-order valence-electron chi connectivity index (χ4n) is 3.11. The van der Waals surface area contributed by atoms with E-state index in [-0.39, 0.29) is 18.1 Å². The molecule has 158 valence electrons. The predicted molar refractivity (Wildman–Crippen MR) is 110 cm³/mol. The number of para-hydroxylation sites is 1. The number of carbonyl (C=O) groups is 1. The Labute approximate surface area is 170 Å². The summed E-state index contributed by atoms with van der Waals surface area (Å²) in [5.41, 5.74) is 1.49. The van der Waals surface area contributed by atoms with Crippen molar-refractivity contribution in [3.8, 4) is 5.75 Å². The van der Waals surface area contributed by atoms with Crippen LogP contribution in [0.1, 0.15) is 30.8 Å². The number of aryl methyl sites for hydroxylation is 1. The maximum Gasteiger partial charge on any atom is 0.312 e. The number of amides is 1. The standard InChI is InChI=1S/C20H29N5O4/c1-5-23(6-2)11-12-29-18-10-8-7-9-17(18)13-21-19(26)14-24-16(4)20(25(27)28)15(3)22-24/h7-10H,5-6,11-14H2,1-4H3,(H,21,26). The van der Waals surface area contributed by atoms with Crippen molar-refractivity contribution in [1.82, 2.24) is 20.0 Å². The van der Waals surface area contributed by atoms with E-state index in [2.05, 4.69) is 29.2 Å². The first-order valence-electron chi connectivity index (χ1n) is 9.75. The highest BCUT2D eigenvalue weighted by Crippen LogP contribution is 2.21. The molecule has 1 amide bonds. The Morgan fingerprint density at radius 1 is 1.28 bits per heavy atom. The van der Waals surface area contributed by atoms with Gasteiger partial charge in [0.1, 0.15) is 30.3 Å². The minimum Gasteiger partial charge on any atom is -0.492 e. The summed E-state index contributed by atoms with van der Waals surface area (Å²) in [5.74, 6) is 0.463. The number of rotatable bonds is 11. The molecule has 29 heavy (non-hydrogen) atoms. The van der Waals surface area contributed by atoms with Gasteiger partial charge in [0.2, 0.25) is 5.91 Å². The number of likely N-dealkylation sites (N-methyl/N-ethyl adjacent to an activating group) is 1. The third kappa shape index (κ3) is 6.02. The number of nitrogens with one attached hydrogen (secondary N) is 1. The van der Waals surface area contributed by atoms with E-state index < -0.39 is 4.92 Å². The van der Waals surface area contributed by atoms with Gasteiger partial charge in [-0.1, -0.05) is 32.0 Å². The molecule has 0 aliphatic rings. The number of benzene rings is 1. The zero-order chi connectivity index (χ0) is 21.4. The third-order valence-corrected chi connectivity index (χ3v) is 4.83. The van der Waals surface area contributed by atoms with Crippen LogP contribution in [0.25, 0.3) is 0 Å². The molecule has 0 atom stereocenters. The maximum absolute atomic E-state index is 12.3. The predicted octanol–water partition coefficient (Wildman–Crippen LogP) is 2.45. The molecule has 0 radical (unpaired) electrons. The minimum atomic E-state index is -0.474. The Balaban J connectivity index is 1.94. The van der Waals surface area contributed by atoms with Gasteiger partial charge in [-0.15, -0.1) is 0 Å². The van der Waals surface area contributed by atoms with Crippen molar-refractivity contribution in [3.05, 3.63) is 51.3 Å². The van der Waals surface area contributed by atoms with E-state index >= 15 is 0 Å². The van der Waals surface area contributed by atoms with Crippen LogP contribution in [0.3, 0.4) is 0 Å². The Bertz CT molecular complexity index is 845. The highest BCUT2D eigenvalue weighted by Gasteiger charge is 2.22. The van der Waals surface area contributed by atoms with E-state index in [0.717, 1.165) is 30.9 Å². The molecular formula is C20H29N5O4. The molecule has 1 aromatic carbocycles. The largest absolute Gasteiger partial charge is 0.492 e. The van der Waals surface area contributed by atoms with E-state index in [1.165, 1.54) is 4.68 Å². The van der Waals surface area contributed by atoms with Gasteiger partial charge in [-0.2, -0.15) is 5.10 Å². The Hall–Kier alpha value is -2.94. The molecule has 0 saturated heterocycles. The van der Waals surface area contributed by atoms with Gasteiger partial charge in [0, 0.05) is 18.7 Å². The van der Waals surface area contributed by atoms with Crippen molar-refractivity contribution in [3.63, 3.8) is 0 Å². The molecule has 2 aromatic rings. The summed E-state index contributed by atoms with van der Waals surface area (Å²) < 4.78 is 7.26. The van der Waals surface area contributed by atoms with Gasteiger partial charge in [0.15, 0.2) is 0 Å². The second-order valence-electron chi connectivity index (χ2n) is 6.69. The van der Waals surface area contributed by atoms with E-state index in [4.69, 9.17) is 4.74 Å². The van der Waals surface area contributed by atoms with E-state index in [1.807, 2.05) is 24.3 Å². The molecule has 0 bridgehead atoms. The summed E-state index contributed by atoms with van der Waals surface area (Å²) in [6.45, 7) is 11.0. The van der Waals surface area contributed by atoms with Crippen molar-refractivity contribution in [1.29, 1.82) is 0 Å². The molecule has 0 fully saturated rings. The van der Waals surface area contributed by atoms with Crippen LogP contribution >= 0.6 is 0 Å². The third-order valence-electron chi connectivity index (χ3n) is 4.83. The molecule has 9 heteroatoms. The lowest BCUT2D eigenvalue weighted by atomic mass is 10.2. The van der Waals surface area contributed by atoms with Crippen LogP contribution in [0.5, 0.6) is 5.75 Å². The quantitative estimate of drug-likeness (QED) is 0.457. The molecule has 0 saturated carbocycles. The normalized spacial score (nSPS) is 10.9. The number of ether oxygens (including phenoxy) is 1. The van der Waals surface area contributed by atoms with Gasteiger partial charge >= 0.3 is 5.69 Å². The van der Waals surface area contributed by atoms with Crippen molar-refractivity contribution >= 4 is 11.6 Å². The first-order valence-corrected chi connectivity index (χ1v) is 9.75. The van der Waals surface area contributed by atoms with Crippen LogP contribution in [0.4, 0.5) is 5.69 Å². The average Bonchev–Trinajstić information content (AvgIpc) is 2.97. The van der Waals surface area contributed by atoms with Gasteiger partial charge in [-0.05, 0) is 33.0 Å². The highest BCUT2D eigenvalue weighted by molar-refractivity contribution is 5.76. The molecule has 9 nitrogen and oxygen atoms in total. The van der Waals surface area contributed by atoms with Crippen LogP contribution in [-0.2, 0) is 17.9 Å². The highest BCUT2D eigenvalue weighted by atomic mass is 16.6. The summed E-state index contributed by atoms with van der Waals surface area (Å²) in [5, 5.41) is 18.0. The monoisotopic (exact) mass is 403 g/mol. The molecule has 0 unspecified atom stereocenters. The lowest BCUT2D eigenvalue weighted by Crippen LogP contribution is -2.29. The number of hydrogen-bond acceptors (Lipinski definition) is 6. The van der Waals surface area contributed by atoms with E-state index in [0.29, 0.717) is 24.5 Å². The number of nitrogens with zero attached hydrogens (tertiary/aromatic N) is 4. The average molecular weight is 403 g/mol. The van der Waals surface area contributed by atoms with E-state index in [9.17, 15) is 14.9 Å². The molecule has 0 aliphatic heterocycles. The summed E-state index contributed by atoms with van der Waals surface area (Å²) in [6.07, 6.45) is 0. The first-order chi connectivity index (χ1) is 13.9. The van der Waals surface area contributed by atoms with Gasteiger partial charge in [0.25, 0.3) is 0 Å². The van der Waals surface area contributed by atoms with Gasteiger partial charge in [-0.25, -0.2) is 0 Å².